The minimum Gasteiger partial charge on any atom is -0.394 e. The van der Waals surface area contributed by atoms with Gasteiger partial charge in [0.15, 0.2) is 0 Å². The van der Waals surface area contributed by atoms with Crippen LogP contribution in [0.25, 0.3) is 0 Å². The molecule has 0 saturated carbocycles. The highest BCUT2D eigenvalue weighted by atomic mass is 79.9. The fraction of sp³-hybridized carbons (Fsp3) is 0.294. The van der Waals surface area contributed by atoms with Crippen molar-refractivity contribution in [3.63, 3.8) is 0 Å². The summed E-state index contributed by atoms with van der Waals surface area (Å²) in [4.78, 5) is 0. The molecule has 0 aliphatic carbocycles. The van der Waals surface area contributed by atoms with E-state index in [9.17, 15) is 5.11 Å². The lowest BCUT2D eigenvalue weighted by Crippen LogP contribution is -2.35. The van der Waals surface area contributed by atoms with E-state index in [1.807, 2.05) is 25.1 Å². The van der Waals surface area contributed by atoms with Crippen LogP contribution >= 0.6 is 27.5 Å². The van der Waals surface area contributed by atoms with Gasteiger partial charge >= 0.3 is 0 Å². The van der Waals surface area contributed by atoms with E-state index in [4.69, 9.17) is 11.6 Å². The fourth-order valence-electron chi connectivity index (χ4n) is 2.20. The van der Waals surface area contributed by atoms with Gasteiger partial charge in [0, 0.05) is 10.2 Å². The van der Waals surface area contributed by atoms with Gasteiger partial charge in [-0.15, -0.1) is 0 Å². The maximum Gasteiger partial charge on any atom is 0.0828 e. The lowest BCUT2D eigenvalue weighted by molar-refractivity contribution is 0.224. The van der Waals surface area contributed by atoms with Crippen LogP contribution in [0, 0.1) is 0 Å². The Morgan fingerprint density at radius 1 is 1.19 bits per heavy atom. The predicted octanol–water partition coefficient (Wildman–Crippen LogP) is 4.98. The van der Waals surface area contributed by atoms with Crippen molar-refractivity contribution in [2.24, 2.45) is 0 Å². The minimum absolute atomic E-state index is 0.00127. The van der Waals surface area contributed by atoms with Crippen molar-refractivity contribution in [2.45, 2.75) is 25.8 Å². The third-order valence-corrected chi connectivity index (χ3v) is 4.87. The average molecular weight is 369 g/mol. The van der Waals surface area contributed by atoms with Gasteiger partial charge in [-0.05, 0) is 58.6 Å². The van der Waals surface area contributed by atoms with Gasteiger partial charge in [0.2, 0.25) is 0 Å². The summed E-state index contributed by atoms with van der Waals surface area (Å²) in [6.07, 6.45) is 1.01. The zero-order valence-corrected chi connectivity index (χ0v) is 14.5. The first-order valence-electron chi connectivity index (χ1n) is 6.92. The summed E-state index contributed by atoms with van der Waals surface area (Å²) >= 11 is 9.43. The second kappa shape index (κ2) is 6.82. The Morgan fingerprint density at radius 2 is 1.86 bits per heavy atom. The number of hydrogen-bond donors (Lipinski definition) is 2. The molecule has 2 aromatic carbocycles. The molecule has 0 fully saturated rings. The van der Waals surface area contributed by atoms with E-state index in [1.54, 1.807) is 0 Å². The van der Waals surface area contributed by atoms with Gasteiger partial charge in [-0.2, -0.15) is 0 Å². The number of hydrogen-bond acceptors (Lipinski definition) is 2. The molecular formula is C17H19BrClNO. The Labute approximate surface area is 139 Å². The molecule has 2 nitrogen and oxygen atoms in total. The highest BCUT2D eigenvalue weighted by Gasteiger charge is 2.25. The molecule has 0 bridgehead atoms. The normalized spacial score (nSPS) is 13.8. The average Bonchev–Trinajstić information content (AvgIpc) is 2.51. The van der Waals surface area contributed by atoms with E-state index >= 15 is 0 Å². The van der Waals surface area contributed by atoms with E-state index in [2.05, 4.69) is 52.4 Å². The van der Waals surface area contributed by atoms with E-state index in [0.717, 1.165) is 22.1 Å². The summed E-state index contributed by atoms with van der Waals surface area (Å²) in [6.45, 7) is 4.11. The van der Waals surface area contributed by atoms with Gasteiger partial charge in [-0.1, -0.05) is 42.8 Å². The number of aliphatic hydroxyl groups excluding tert-OH is 1. The summed E-state index contributed by atoms with van der Waals surface area (Å²) < 4.78 is 0.829. The Hall–Kier alpha value is -1.03. The Kier molecular flexibility index (Phi) is 5.31. The topological polar surface area (TPSA) is 32.3 Å². The van der Waals surface area contributed by atoms with Gasteiger partial charge in [0.05, 0.1) is 17.2 Å². The molecule has 2 rings (SSSR count). The third kappa shape index (κ3) is 3.79. The van der Waals surface area contributed by atoms with Crippen molar-refractivity contribution in [3.8, 4) is 0 Å². The van der Waals surface area contributed by atoms with Crippen LogP contribution in [0.3, 0.4) is 0 Å². The second-order valence-electron chi connectivity index (χ2n) is 5.29. The third-order valence-electron chi connectivity index (χ3n) is 3.66. The summed E-state index contributed by atoms with van der Waals surface area (Å²) in [6, 6.07) is 14.0. The van der Waals surface area contributed by atoms with Crippen molar-refractivity contribution in [1.82, 2.24) is 0 Å². The molecule has 0 aliphatic rings. The van der Waals surface area contributed by atoms with Gasteiger partial charge in [-0.25, -0.2) is 0 Å². The van der Waals surface area contributed by atoms with Crippen LogP contribution in [0.1, 0.15) is 25.0 Å². The molecule has 1 atom stereocenters. The monoisotopic (exact) mass is 367 g/mol. The molecule has 0 aliphatic heterocycles. The van der Waals surface area contributed by atoms with Crippen LogP contribution in [0.15, 0.2) is 46.9 Å². The SMILES string of the molecule is CCc1ccc(C(C)(CO)Nc2ccc(Cl)c(Br)c2)cc1. The van der Waals surface area contributed by atoms with Gasteiger partial charge in [-0.3, -0.25) is 0 Å². The van der Waals surface area contributed by atoms with E-state index < -0.39 is 5.54 Å². The molecule has 0 radical (unpaired) electrons. The number of benzene rings is 2. The maximum absolute atomic E-state index is 9.85. The van der Waals surface area contributed by atoms with Gasteiger partial charge in [0.1, 0.15) is 0 Å². The van der Waals surface area contributed by atoms with Crippen molar-refractivity contribution >= 4 is 33.2 Å². The van der Waals surface area contributed by atoms with E-state index in [1.165, 1.54) is 5.56 Å². The molecule has 2 N–H and O–H groups in total. The number of nitrogens with one attached hydrogen (secondary N) is 1. The van der Waals surface area contributed by atoms with Crippen molar-refractivity contribution in [1.29, 1.82) is 0 Å². The minimum atomic E-state index is -0.542. The van der Waals surface area contributed by atoms with Crippen LogP contribution in [0.5, 0.6) is 0 Å². The van der Waals surface area contributed by atoms with E-state index in [0.29, 0.717) is 5.02 Å². The summed E-state index contributed by atoms with van der Waals surface area (Å²) in [5.74, 6) is 0. The molecule has 0 spiro atoms. The molecule has 4 heteroatoms. The first kappa shape index (κ1) is 16.3. The lowest BCUT2D eigenvalue weighted by atomic mass is 9.91. The first-order valence-corrected chi connectivity index (χ1v) is 8.09. The summed E-state index contributed by atoms with van der Waals surface area (Å²) in [5.41, 5.74) is 2.70. The standard InChI is InChI=1S/C17H19BrClNO/c1-3-12-4-6-13(7-5-12)17(2,11-21)20-14-8-9-16(19)15(18)10-14/h4-10,20-21H,3,11H2,1-2H3. The molecule has 21 heavy (non-hydrogen) atoms. The molecule has 0 amide bonds. The Morgan fingerprint density at radius 3 is 2.38 bits per heavy atom. The number of halogens is 2. The number of aryl methyl sites for hydroxylation is 1. The Bertz CT molecular complexity index is 615. The quantitative estimate of drug-likeness (QED) is 0.779. The fourth-order valence-corrected chi connectivity index (χ4v) is 2.70. The molecule has 0 heterocycles. The largest absolute Gasteiger partial charge is 0.394 e. The highest BCUT2D eigenvalue weighted by molar-refractivity contribution is 9.10. The zero-order valence-electron chi connectivity index (χ0n) is 12.2. The molecular weight excluding hydrogens is 350 g/mol. The van der Waals surface area contributed by atoms with E-state index in [-0.39, 0.29) is 6.61 Å². The number of anilines is 1. The number of rotatable bonds is 5. The highest BCUT2D eigenvalue weighted by Crippen LogP contribution is 2.30. The maximum atomic E-state index is 9.85. The molecule has 1 unspecified atom stereocenters. The molecule has 2 aromatic rings. The van der Waals surface area contributed by atoms with Crippen molar-refractivity contribution in [2.75, 3.05) is 11.9 Å². The second-order valence-corrected chi connectivity index (χ2v) is 6.56. The smallest absolute Gasteiger partial charge is 0.0828 e. The molecule has 112 valence electrons. The molecule has 0 saturated heterocycles. The van der Waals surface area contributed by atoms with Gasteiger partial charge < -0.3 is 10.4 Å². The van der Waals surface area contributed by atoms with Crippen LogP contribution in [-0.4, -0.2) is 11.7 Å². The zero-order chi connectivity index (χ0) is 15.5. The summed E-state index contributed by atoms with van der Waals surface area (Å²) in [5, 5.41) is 13.9. The van der Waals surface area contributed by atoms with Crippen LogP contribution in [0.4, 0.5) is 5.69 Å². The molecule has 0 aromatic heterocycles. The first-order chi connectivity index (χ1) is 9.98. The van der Waals surface area contributed by atoms with Crippen molar-refractivity contribution < 1.29 is 5.11 Å². The van der Waals surface area contributed by atoms with Crippen LogP contribution < -0.4 is 5.32 Å². The van der Waals surface area contributed by atoms with Crippen LogP contribution in [0.2, 0.25) is 5.02 Å². The van der Waals surface area contributed by atoms with Crippen molar-refractivity contribution in [3.05, 3.63) is 63.1 Å². The van der Waals surface area contributed by atoms with Crippen LogP contribution in [-0.2, 0) is 12.0 Å². The number of aliphatic hydroxyl groups is 1. The van der Waals surface area contributed by atoms with Gasteiger partial charge in [0.25, 0.3) is 0 Å². The summed E-state index contributed by atoms with van der Waals surface area (Å²) in [7, 11) is 0. The predicted molar refractivity (Wildman–Crippen MR) is 93.0 cm³/mol. The lowest BCUT2D eigenvalue weighted by Gasteiger charge is -2.31. The Balaban J connectivity index is 2.29.